The fourth-order valence-corrected chi connectivity index (χ4v) is 2.60. The topological polar surface area (TPSA) is 82.2 Å². The maximum atomic E-state index is 12.0. The number of aromatic nitrogens is 1. The van der Waals surface area contributed by atoms with E-state index in [0.29, 0.717) is 11.4 Å². The Kier molecular flexibility index (Phi) is 5.44. The van der Waals surface area contributed by atoms with Crippen molar-refractivity contribution in [3.05, 3.63) is 35.0 Å². The van der Waals surface area contributed by atoms with Crippen molar-refractivity contribution in [1.29, 1.82) is 0 Å². The molecule has 1 aromatic heterocycles. The van der Waals surface area contributed by atoms with E-state index in [2.05, 4.69) is 10.3 Å². The zero-order valence-electron chi connectivity index (χ0n) is 12.4. The molecule has 5 nitrogen and oxygen atoms in total. The Morgan fingerprint density at radius 2 is 2.18 bits per heavy atom. The zero-order valence-corrected chi connectivity index (χ0v) is 13.1. The Balaban J connectivity index is 1.99. The smallest absolute Gasteiger partial charge is 0.308 e. The largest absolute Gasteiger partial charge is 0.481 e. The highest BCUT2D eigenvalue weighted by atomic mass is 35.5. The van der Waals surface area contributed by atoms with Gasteiger partial charge in [-0.2, -0.15) is 0 Å². The van der Waals surface area contributed by atoms with Crippen LogP contribution in [0.25, 0.3) is 10.9 Å². The van der Waals surface area contributed by atoms with Gasteiger partial charge in [-0.05, 0) is 30.2 Å². The van der Waals surface area contributed by atoms with Crippen molar-refractivity contribution in [1.82, 2.24) is 10.3 Å². The average Bonchev–Trinajstić information content (AvgIpc) is 2.85. The Labute approximate surface area is 133 Å². The van der Waals surface area contributed by atoms with Crippen LogP contribution in [0.15, 0.2) is 24.4 Å². The van der Waals surface area contributed by atoms with Gasteiger partial charge in [-0.3, -0.25) is 9.59 Å². The van der Waals surface area contributed by atoms with E-state index in [-0.39, 0.29) is 18.9 Å². The lowest BCUT2D eigenvalue weighted by Gasteiger charge is -2.12. The maximum absolute atomic E-state index is 12.0. The molecule has 0 bridgehead atoms. The van der Waals surface area contributed by atoms with Gasteiger partial charge in [-0.1, -0.05) is 24.9 Å². The summed E-state index contributed by atoms with van der Waals surface area (Å²) in [5.41, 5.74) is 1.76. The van der Waals surface area contributed by atoms with Gasteiger partial charge in [0.15, 0.2) is 0 Å². The molecule has 1 amide bonds. The SMILES string of the molecule is CCCC(CNC(=O)Cc1c[nH]c2ccc(Cl)cc12)C(=O)O. The number of carbonyl (C=O) groups excluding carboxylic acids is 1. The van der Waals surface area contributed by atoms with Crippen LogP contribution >= 0.6 is 11.6 Å². The Morgan fingerprint density at radius 3 is 2.86 bits per heavy atom. The standard InChI is InChI=1S/C16H19ClN2O3/c1-2-3-10(16(21)22)8-19-15(20)6-11-9-18-14-5-4-12(17)7-13(11)14/h4-5,7,9-10,18H,2-3,6,8H2,1H3,(H,19,20)(H,21,22). The van der Waals surface area contributed by atoms with Gasteiger partial charge >= 0.3 is 5.97 Å². The molecule has 6 heteroatoms. The fourth-order valence-electron chi connectivity index (χ4n) is 2.43. The van der Waals surface area contributed by atoms with Crippen LogP contribution in [0.3, 0.4) is 0 Å². The maximum Gasteiger partial charge on any atom is 0.308 e. The van der Waals surface area contributed by atoms with Crippen LogP contribution < -0.4 is 5.32 Å². The van der Waals surface area contributed by atoms with Crippen LogP contribution in [0, 0.1) is 5.92 Å². The Bertz CT molecular complexity index is 681. The van der Waals surface area contributed by atoms with Crippen LogP contribution in [-0.4, -0.2) is 28.5 Å². The van der Waals surface area contributed by atoms with E-state index in [0.717, 1.165) is 22.9 Å². The van der Waals surface area contributed by atoms with E-state index in [1.807, 2.05) is 19.1 Å². The van der Waals surface area contributed by atoms with E-state index in [1.165, 1.54) is 0 Å². The van der Waals surface area contributed by atoms with E-state index in [9.17, 15) is 9.59 Å². The number of carbonyl (C=O) groups is 2. The predicted octanol–water partition coefficient (Wildman–Crippen LogP) is 2.98. The first-order chi connectivity index (χ1) is 10.5. The number of nitrogens with one attached hydrogen (secondary N) is 2. The number of aliphatic carboxylic acids is 1. The molecule has 0 spiro atoms. The quantitative estimate of drug-likeness (QED) is 0.733. The van der Waals surface area contributed by atoms with E-state index < -0.39 is 11.9 Å². The number of amides is 1. The number of hydrogen-bond donors (Lipinski definition) is 3. The first kappa shape index (κ1) is 16.4. The molecular formula is C16H19ClN2O3. The number of benzene rings is 1. The molecule has 1 heterocycles. The molecule has 0 fully saturated rings. The summed E-state index contributed by atoms with van der Waals surface area (Å²) in [6, 6.07) is 5.46. The molecule has 0 radical (unpaired) electrons. The summed E-state index contributed by atoms with van der Waals surface area (Å²) in [6.07, 6.45) is 3.30. The first-order valence-electron chi connectivity index (χ1n) is 7.26. The molecule has 1 atom stereocenters. The van der Waals surface area contributed by atoms with Gasteiger partial charge in [0.05, 0.1) is 12.3 Å². The van der Waals surface area contributed by atoms with Crippen LogP contribution in [0.5, 0.6) is 0 Å². The number of hydrogen-bond acceptors (Lipinski definition) is 2. The van der Waals surface area contributed by atoms with Crippen molar-refractivity contribution in [2.45, 2.75) is 26.2 Å². The summed E-state index contributed by atoms with van der Waals surface area (Å²) in [4.78, 5) is 26.2. The zero-order chi connectivity index (χ0) is 16.1. The lowest BCUT2D eigenvalue weighted by molar-refractivity contribution is -0.141. The second-order valence-corrected chi connectivity index (χ2v) is 5.74. The van der Waals surface area contributed by atoms with Gasteiger partial charge in [0, 0.05) is 28.7 Å². The lowest BCUT2D eigenvalue weighted by atomic mass is 10.0. The molecular weight excluding hydrogens is 304 g/mol. The molecule has 1 unspecified atom stereocenters. The number of halogens is 1. The van der Waals surface area contributed by atoms with Gasteiger partial charge in [0.2, 0.25) is 5.91 Å². The van der Waals surface area contributed by atoms with Crippen LogP contribution in [0.2, 0.25) is 5.02 Å². The summed E-state index contributed by atoms with van der Waals surface area (Å²) in [7, 11) is 0. The monoisotopic (exact) mass is 322 g/mol. The summed E-state index contributed by atoms with van der Waals surface area (Å²) < 4.78 is 0. The molecule has 22 heavy (non-hydrogen) atoms. The average molecular weight is 323 g/mol. The molecule has 3 N–H and O–H groups in total. The molecule has 2 rings (SSSR count). The number of fused-ring (bicyclic) bond motifs is 1. The van der Waals surface area contributed by atoms with Crippen LogP contribution in [0.1, 0.15) is 25.3 Å². The van der Waals surface area contributed by atoms with Gasteiger partial charge in [0.25, 0.3) is 0 Å². The normalized spacial score (nSPS) is 12.3. The van der Waals surface area contributed by atoms with Gasteiger partial charge in [-0.15, -0.1) is 0 Å². The third-order valence-corrected chi connectivity index (χ3v) is 3.85. The minimum absolute atomic E-state index is 0.158. The predicted molar refractivity (Wildman–Crippen MR) is 86.1 cm³/mol. The number of H-pyrrole nitrogens is 1. The fraction of sp³-hybridized carbons (Fsp3) is 0.375. The van der Waals surface area contributed by atoms with Crippen molar-refractivity contribution < 1.29 is 14.7 Å². The molecule has 0 aliphatic rings. The number of carboxylic acids is 1. The highest BCUT2D eigenvalue weighted by molar-refractivity contribution is 6.31. The number of rotatable bonds is 7. The van der Waals surface area contributed by atoms with Crippen molar-refractivity contribution in [3.8, 4) is 0 Å². The van der Waals surface area contributed by atoms with Crippen molar-refractivity contribution in [2.24, 2.45) is 5.92 Å². The third kappa shape index (κ3) is 4.01. The number of aromatic amines is 1. The van der Waals surface area contributed by atoms with Crippen molar-refractivity contribution >= 4 is 34.4 Å². The van der Waals surface area contributed by atoms with E-state index in [1.54, 1.807) is 12.3 Å². The summed E-state index contributed by atoms with van der Waals surface area (Å²) in [5.74, 6) is -1.60. The molecule has 1 aromatic carbocycles. The molecule has 0 aliphatic carbocycles. The van der Waals surface area contributed by atoms with Gasteiger partial charge < -0.3 is 15.4 Å². The highest BCUT2D eigenvalue weighted by Crippen LogP contribution is 2.22. The highest BCUT2D eigenvalue weighted by Gasteiger charge is 2.17. The molecule has 118 valence electrons. The lowest BCUT2D eigenvalue weighted by Crippen LogP contribution is -2.33. The first-order valence-corrected chi connectivity index (χ1v) is 7.64. The van der Waals surface area contributed by atoms with Crippen molar-refractivity contribution in [3.63, 3.8) is 0 Å². The summed E-state index contributed by atoms with van der Waals surface area (Å²) in [6.45, 7) is 2.08. The minimum Gasteiger partial charge on any atom is -0.481 e. The minimum atomic E-state index is -0.874. The summed E-state index contributed by atoms with van der Waals surface area (Å²) in [5, 5.41) is 13.3. The second kappa shape index (κ2) is 7.31. The molecule has 0 saturated heterocycles. The molecule has 0 saturated carbocycles. The van der Waals surface area contributed by atoms with E-state index >= 15 is 0 Å². The Morgan fingerprint density at radius 1 is 1.41 bits per heavy atom. The summed E-state index contributed by atoms with van der Waals surface area (Å²) >= 11 is 5.98. The van der Waals surface area contributed by atoms with E-state index in [4.69, 9.17) is 16.7 Å². The Hall–Kier alpha value is -2.01. The second-order valence-electron chi connectivity index (χ2n) is 5.31. The number of carboxylic acid groups (broad SMARTS) is 1. The van der Waals surface area contributed by atoms with Gasteiger partial charge in [0.1, 0.15) is 0 Å². The van der Waals surface area contributed by atoms with Gasteiger partial charge in [-0.25, -0.2) is 0 Å². The van der Waals surface area contributed by atoms with Crippen LogP contribution in [0.4, 0.5) is 0 Å². The van der Waals surface area contributed by atoms with Crippen LogP contribution in [-0.2, 0) is 16.0 Å². The molecule has 2 aromatic rings. The van der Waals surface area contributed by atoms with Crippen molar-refractivity contribution in [2.75, 3.05) is 6.54 Å². The molecule has 0 aliphatic heterocycles. The third-order valence-electron chi connectivity index (χ3n) is 3.61.